The van der Waals surface area contributed by atoms with Gasteiger partial charge in [0.15, 0.2) is 17.3 Å². The molecule has 0 saturated heterocycles. The summed E-state index contributed by atoms with van der Waals surface area (Å²) < 4.78 is 11.0. The van der Waals surface area contributed by atoms with Crippen molar-refractivity contribution in [1.29, 1.82) is 0 Å². The first kappa shape index (κ1) is 20.5. The molecule has 0 amide bonds. The van der Waals surface area contributed by atoms with Crippen molar-refractivity contribution < 1.29 is 23.9 Å². The van der Waals surface area contributed by atoms with Gasteiger partial charge in [-0.25, -0.2) is 0 Å². The number of carbonyl (C=O) groups excluding carboxylic acids is 3. The molecular weight excluding hydrogens is 358 g/mol. The van der Waals surface area contributed by atoms with Gasteiger partial charge in [0.2, 0.25) is 0 Å². The third kappa shape index (κ3) is 5.19. The maximum Gasteiger partial charge on any atom is 0.314 e. The minimum Gasteiger partial charge on any atom is -0.422 e. The Bertz CT molecular complexity index is 757. The number of benzene rings is 1. The Morgan fingerprint density at radius 1 is 0.929 bits per heavy atom. The molecule has 28 heavy (non-hydrogen) atoms. The van der Waals surface area contributed by atoms with E-state index in [1.54, 1.807) is 12.1 Å². The second kappa shape index (κ2) is 8.43. The molecule has 1 aromatic rings. The minimum absolute atomic E-state index is 0.0903. The van der Waals surface area contributed by atoms with Crippen LogP contribution in [-0.4, -0.2) is 29.8 Å². The number of hydrogen-bond acceptors (Lipinski definition) is 6. The first-order valence-corrected chi connectivity index (χ1v) is 10.1. The first-order chi connectivity index (χ1) is 13.2. The summed E-state index contributed by atoms with van der Waals surface area (Å²) >= 11 is 0. The molecule has 2 aliphatic rings. The fourth-order valence-corrected chi connectivity index (χ4v) is 2.96. The highest BCUT2D eigenvalue weighted by atomic mass is 16.6. The standard InChI is InChI=1S/C22H29NO5/c1-22(2,3)23-13-17(24)16-10-11-18(27-20(25)14-6-4-7-14)19(12-16)28-21(26)15-8-5-9-15/h10-12,14-15,23H,4-9,13H2,1-3H3. The molecule has 0 atom stereocenters. The first-order valence-electron chi connectivity index (χ1n) is 10.1. The normalized spacial score (nSPS) is 17.4. The number of Topliss-reactive ketones (excluding diaryl/α,β-unsaturated/α-hetero) is 1. The van der Waals surface area contributed by atoms with Crippen LogP contribution in [0.5, 0.6) is 11.5 Å². The number of ketones is 1. The number of nitrogens with one attached hydrogen (secondary N) is 1. The lowest BCUT2D eigenvalue weighted by atomic mass is 9.85. The Morgan fingerprint density at radius 2 is 1.46 bits per heavy atom. The highest BCUT2D eigenvalue weighted by Gasteiger charge is 2.30. The van der Waals surface area contributed by atoms with Crippen LogP contribution in [0.15, 0.2) is 18.2 Å². The molecule has 0 aromatic heterocycles. The predicted octanol–water partition coefficient (Wildman–Crippen LogP) is 3.67. The summed E-state index contributed by atoms with van der Waals surface area (Å²) in [6.45, 7) is 6.11. The number of carbonyl (C=O) groups is 3. The Balaban J connectivity index is 1.76. The summed E-state index contributed by atoms with van der Waals surface area (Å²) in [6, 6.07) is 4.66. The zero-order valence-corrected chi connectivity index (χ0v) is 16.9. The summed E-state index contributed by atoms with van der Waals surface area (Å²) in [6.07, 6.45) is 5.31. The number of esters is 2. The van der Waals surface area contributed by atoms with Crippen molar-refractivity contribution in [3.05, 3.63) is 23.8 Å². The SMILES string of the molecule is CC(C)(C)NCC(=O)c1ccc(OC(=O)C2CCC2)c(OC(=O)C2CCC2)c1. The molecule has 0 heterocycles. The lowest BCUT2D eigenvalue weighted by Gasteiger charge is -2.25. The van der Waals surface area contributed by atoms with Crippen LogP contribution in [0.3, 0.4) is 0 Å². The van der Waals surface area contributed by atoms with Crippen molar-refractivity contribution in [3.63, 3.8) is 0 Å². The maximum atomic E-state index is 12.5. The predicted molar refractivity (Wildman–Crippen MR) is 104 cm³/mol. The van der Waals surface area contributed by atoms with Gasteiger partial charge >= 0.3 is 11.9 Å². The van der Waals surface area contributed by atoms with E-state index < -0.39 is 0 Å². The molecule has 0 bridgehead atoms. The van der Waals surface area contributed by atoms with E-state index in [1.807, 2.05) is 20.8 Å². The monoisotopic (exact) mass is 387 g/mol. The second-order valence-corrected chi connectivity index (χ2v) is 8.79. The molecular formula is C22H29NO5. The van der Waals surface area contributed by atoms with Gasteiger partial charge < -0.3 is 14.8 Å². The quantitative estimate of drug-likeness (QED) is 0.437. The Morgan fingerprint density at radius 3 is 1.93 bits per heavy atom. The van der Waals surface area contributed by atoms with Gasteiger partial charge in [0.25, 0.3) is 0 Å². The van der Waals surface area contributed by atoms with Gasteiger partial charge in [0, 0.05) is 11.1 Å². The van der Waals surface area contributed by atoms with Crippen molar-refractivity contribution in [3.8, 4) is 11.5 Å². The van der Waals surface area contributed by atoms with Crippen molar-refractivity contribution >= 4 is 17.7 Å². The molecule has 2 saturated carbocycles. The molecule has 6 nitrogen and oxygen atoms in total. The van der Waals surface area contributed by atoms with Crippen LogP contribution < -0.4 is 14.8 Å². The van der Waals surface area contributed by atoms with Crippen LogP contribution in [0.1, 0.15) is 69.7 Å². The molecule has 6 heteroatoms. The lowest BCUT2D eigenvalue weighted by molar-refractivity contribution is -0.144. The summed E-state index contributed by atoms with van der Waals surface area (Å²) in [5.74, 6) is -0.612. The van der Waals surface area contributed by atoms with Crippen molar-refractivity contribution in [1.82, 2.24) is 5.32 Å². The van der Waals surface area contributed by atoms with Gasteiger partial charge in [-0.3, -0.25) is 14.4 Å². The van der Waals surface area contributed by atoms with Gasteiger partial charge in [-0.15, -0.1) is 0 Å². The smallest absolute Gasteiger partial charge is 0.314 e. The number of hydrogen-bond donors (Lipinski definition) is 1. The molecule has 0 unspecified atom stereocenters. The van der Waals surface area contributed by atoms with Gasteiger partial charge in [0.05, 0.1) is 18.4 Å². The molecule has 152 valence electrons. The molecule has 1 N–H and O–H groups in total. The van der Waals surface area contributed by atoms with Crippen LogP contribution in [-0.2, 0) is 9.59 Å². The average molecular weight is 387 g/mol. The van der Waals surface area contributed by atoms with E-state index in [2.05, 4.69) is 5.32 Å². The van der Waals surface area contributed by atoms with E-state index >= 15 is 0 Å². The van der Waals surface area contributed by atoms with Crippen molar-refractivity contribution in [2.75, 3.05) is 6.54 Å². The van der Waals surface area contributed by atoms with E-state index in [-0.39, 0.29) is 53.1 Å². The van der Waals surface area contributed by atoms with E-state index in [0.717, 1.165) is 38.5 Å². The highest BCUT2D eigenvalue weighted by Crippen LogP contribution is 2.35. The lowest BCUT2D eigenvalue weighted by Crippen LogP contribution is -2.39. The third-order valence-corrected chi connectivity index (χ3v) is 5.34. The highest BCUT2D eigenvalue weighted by molar-refractivity contribution is 5.98. The Labute approximate surface area is 166 Å². The van der Waals surface area contributed by atoms with Crippen molar-refractivity contribution in [2.45, 2.75) is 64.8 Å². The zero-order valence-electron chi connectivity index (χ0n) is 16.9. The summed E-state index contributed by atoms with van der Waals surface area (Å²) in [5.41, 5.74) is 0.226. The van der Waals surface area contributed by atoms with Crippen LogP contribution in [0, 0.1) is 11.8 Å². The third-order valence-electron chi connectivity index (χ3n) is 5.34. The summed E-state index contributed by atoms with van der Waals surface area (Å²) in [4.78, 5) is 37.1. The molecule has 0 radical (unpaired) electrons. The molecule has 1 aromatic carbocycles. The van der Waals surface area contributed by atoms with Crippen LogP contribution >= 0.6 is 0 Å². The largest absolute Gasteiger partial charge is 0.422 e. The Hall–Kier alpha value is -2.21. The summed E-state index contributed by atoms with van der Waals surface area (Å²) in [5, 5.41) is 3.15. The van der Waals surface area contributed by atoms with E-state index in [9.17, 15) is 14.4 Å². The number of rotatable bonds is 7. The van der Waals surface area contributed by atoms with Crippen LogP contribution in [0.4, 0.5) is 0 Å². The Kier molecular flexibility index (Phi) is 6.18. The van der Waals surface area contributed by atoms with Gasteiger partial charge in [-0.05, 0) is 64.7 Å². The van der Waals surface area contributed by atoms with Crippen molar-refractivity contribution in [2.24, 2.45) is 11.8 Å². The fraction of sp³-hybridized carbons (Fsp3) is 0.591. The van der Waals surface area contributed by atoms with Gasteiger partial charge in [0.1, 0.15) is 0 Å². The minimum atomic E-state index is -0.329. The average Bonchev–Trinajstić information content (AvgIpc) is 2.50. The zero-order chi connectivity index (χ0) is 20.3. The van der Waals surface area contributed by atoms with Crippen LogP contribution in [0.2, 0.25) is 0 Å². The molecule has 0 spiro atoms. The second-order valence-electron chi connectivity index (χ2n) is 8.79. The number of ether oxygens (including phenoxy) is 2. The van der Waals surface area contributed by atoms with Gasteiger partial charge in [-0.2, -0.15) is 0 Å². The summed E-state index contributed by atoms with van der Waals surface area (Å²) in [7, 11) is 0. The topological polar surface area (TPSA) is 81.7 Å². The van der Waals surface area contributed by atoms with Crippen LogP contribution in [0.25, 0.3) is 0 Å². The van der Waals surface area contributed by atoms with E-state index in [4.69, 9.17) is 9.47 Å². The van der Waals surface area contributed by atoms with E-state index in [1.165, 1.54) is 6.07 Å². The molecule has 3 rings (SSSR count). The maximum absolute atomic E-state index is 12.5. The van der Waals surface area contributed by atoms with Gasteiger partial charge in [-0.1, -0.05) is 12.8 Å². The van der Waals surface area contributed by atoms with E-state index in [0.29, 0.717) is 5.56 Å². The fourth-order valence-electron chi connectivity index (χ4n) is 2.96. The molecule has 2 aliphatic carbocycles. The molecule has 0 aliphatic heterocycles. The molecule has 2 fully saturated rings.